The summed E-state index contributed by atoms with van der Waals surface area (Å²) in [5.41, 5.74) is 1.26. The lowest BCUT2D eigenvalue weighted by molar-refractivity contribution is 0.0631. The molecule has 1 atom stereocenters. The molecule has 2 aromatic carbocycles. The summed E-state index contributed by atoms with van der Waals surface area (Å²) >= 11 is 0. The van der Waals surface area contributed by atoms with Crippen molar-refractivity contribution in [1.82, 2.24) is 4.90 Å². The average Bonchev–Trinajstić information content (AvgIpc) is 2.63. The zero-order valence-electron chi connectivity index (χ0n) is 14.2. The molecule has 25 heavy (non-hydrogen) atoms. The fourth-order valence-electron chi connectivity index (χ4n) is 3.13. The minimum atomic E-state index is -0.370. The summed E-state index contributed by atoms with van der Waals surface area (Å²) in [5, 5.41) is 9.61. The summed E-state index contributed by atoms with van der Waals surface area (Å²) in [6.07, 6.45) is 1.85. The van der Waals surface area contributed by atoms with Gasteiger partial charge in [-0.25, -0.2) is 4.39 Å². The molecule has 0 aromatic heterocycles. The first-order chi connectivity index (χ1) is 12.0. The molecule has 0 aliphatic carbocycles. The Kier molecular flexibility index (Phi) is 5.22. The summed E-state index contributed by atoms with van der Waals surface area (Å²) in [4.78, 5) is 14.5. The lowest BCUT2D eigenvalue weighted by Crippen LogP contribution is -2.41. The third kappa shape index (κ3) is 4.10. The summed E-state index contributed by atoms with van der Waals surface area (Å²) in [7, 11) is 0. The number of halogens is 1. The summed E-state index contributed by atoms with van der Waals surface area (Å²) in [6, 6.07) is 11.2. The van der Waals surface area contributed by atoms with E-state index in [-0.39, 0.29) is 29.1 Å². The van der Waals surface area contributed by atoms with E-state index in [1.54, 1.807) is 43.3 Å². The van der Waals surface area contributed by atoms with Crippen molar-refractivity contribution < 1.29 is 19.0 Å². The molecule has 4 nitrogen and oxygen atoms in total. The van der Waals surface area contributed by atoms with Crippen LogP contribution in [0, 0.1) is 18.7 Å². The van der Waals surface area contributed by atoms with Gasteiger partial charge >= 0.3 is 0 Å². The number of ether oxygens (including phenoxy) is 1. The highest BCUT2D eigenvalue weighted by atomic mass is 19.1. The van der Waals surface area contributed by atoms with E-state index in [2.05, 4.69) is 0 Å². The molecule has 0 spiro atoms. The number of likely N-dealkylation sites (tertiary alicyclic amines) is 1. The molecular formula is C20H22FNO3. The van der Waals surface area contributed by atoms with E-state index in [0.29, 0.717) is 30.8 Å². The van der Waals surface area contributed by atoms with Crippen LogP contribution in [-0.2, 0) is 0 Å². The standard InChI is InChI=1S/C20H22FNO3/c1-14-11-16(8-9-18(14)23)20(24)22-10-4-5-15(12-22)13-25-19-7-3-2-6-17(19)21/h2-3,6-9,11,15,23H,4-5,10,12-13H2,1H3/t15-/m0/s1. The number of piperidine rings is 1. The van der Waals surface area contributed by atoms with Crippen molar-refractivity contribution in [3.63, 3.8) is 0 Å². The van der Waals surface area contributed by atoms with Gasteiger partial charge in [-0.15, -0.1) is 0 Å². The van der Waals surface area contributed by atoms with Crippen LogP contribution >= 0.6 is 0 Å². The number of phenols is 1. The molecule has 1 heterocycles. The molecule has 0 bridgehead atoms. The molecule has 0 saturated carbocycles. The largest absolute Gasteiger partial charge is 0.508 e. The molecule has 1 aliphatic heterocycles. The number of amides is 1. The van der Waals surface area contributed by atoms with Crippen LogP contribution in [0.2, 0.25) is 0 Å². The molecule has 132 valence electrons. The lowest BCUT2D eigenvalue weighted by Gasteiger charge is -2.32. The van der Waals surface area contributed by atoms with Gasteiger partial charge in [-0.3, -0.25) is 4.79 Å². The van der Waals surface area contributed by atoms with Crippen LogP contribution < -0.4 is 4.74 Å². The Hall–Kier alpha value is -2.56. The number of benzene rings is 2. The molecule has 1 saturated heterocycles. The maximum atomic E-state index is 13.6. The predicted molar refractivity (Wildman–Crippen MR) is 93.4 cm³/mol. The third-order valence-corrected chi connectivity index (χ3v) is 4.56. The number of nitrogens with zero attached hydrogens (tertiary/aromatic N) is 1. The monoisotopic (exact) mass is 343 g/mol. The van der Waals surface area contributed by atoms with Crippen LogP contribution in [0.4, 0.5) is 4.39 Å². The van der Waals surface area contributed by atoms with Gasteiger partial charge in [-0.2, -0.15) is 0 Å². The Labute approximate surface area is 146 Å². The maximum absolute atomic E-state index is 13.6. The van der Waals surface area contributed by atoms with E-state index in [9.17, 15) is 14.3 Å². The van der Waals surface area contributed by atoms with Crippen molar-refractivity contribution in [3.05, 3.63) is 59.4 Å². The number of hydrogen-bond donors (Lipinski definition) is 1. The smallest absolute Gasteiger partial charge is 0.253 e. The van der Waals surface area contributed by atoms with E-state index < -0.39 is 0 Å². The first-order valence-electron chi connectivity index (χ1n) is 8.51. The highest BCUT2D eigenvalue weighted by molar-refractivity contribution is 5.94. The van der Waals surface area contributed by atoms with Gasteiger partial charge in [0.05, 0.1) is 6.61 Å². The zero-order valence-corrected chi connectivity index (χ0v) is 14.2. The van der Waals surface area contributed by atoms with Crippen LogP contribution in [0.1, 0.15) is 28.8 Å². The number of phenolic OH excluding ortho intramolecular Hbond substituents is 1. The molecule has 1 N–H and O–H groups in total. The quantitative estimate of drug-likeness (QED) is 0.919. The second kappa shape index (κ2) is 7.55. The van der Waals surface area contributed by atoms with Gasteiger partial charge in [0, 0.05) is 24.6 Å². The number of rotatable bonds is 4. The number of hydrogen-bond acceptors (Lipinski definition) is 3. The van der Waals surface area contributed by atoms with E-state index in [1.807, 2.05) is 4.90 Å². The summed E-state index contributed by atoms with van der Waals surface area (Å²) in [5.74, 6) is 0.200. The zero-order chi connectivity index (χ0) is 17.8. The number of para-hydroxylation sites is 1. The fraction of sp³-hybridized carbons (Fsp3) is 0.350. The number of aryl methyl sites for hydroxylation is 1. The maximum Gasteiger partial charge on any atom is 0.253 e. The highest BCUT2D eigenvalue weighted by Crippen LogP contribution is 2.23. The Morgan fingerprint density at radius 3 is 2.88 bits per heavy atom. The fourth-order valence-corrected chi connectivity index (χ4v) is 3.13. The second-order valence-corrected chi connectivity index (χ2v) is 6.50. The molecule has 2 aromatic rings. The summed E-state index contributed by atoms with van der Waals surface area (Å²) < 4.78 is 19.2. The SMILES string of the molecule is Cc1cc(C(=O)N2CCC[C@H](COc3ccccc3F)C2)ccc1O. The van der Waals surface area contributed by atoms with Gasteiger partial charge in [0.1, 0.15) is 5.75 Å². The molecule has 1 aliphatic rings. The van der Waals surface area contributed by atoms with E-state index >= 15 is 0 Å². The van der Waals surface area contributed by atoms with Gasteiger partial charge in [0.15, 0.2) is 11.6 Å². The normalized spacial score (nSPS) is 17.4. The molecule has 1 fully saturated rings. The molecule has 5 heteroatoms. The second-order valence-electron chi connectivity index (χ2n) is 6.50. The average molecular weight is 343 g/mol. The van der Waals surface area contributed by atoms with Crippen LogP contribution in [-0.4, -0.2) is 35.6 Å². The van der Waals surface area contributed by atoms with E-state index in [1.165, 1.54) is 6.07 Å². The Balaban J connectivity index is 1.61. The molecule has 0 unspecified atom stereocenters. The topological polar surface area (TPSA) is 49.8 Å². The van der Waals surface area contributed by atoms with Crippen LogP contribution in [0.3, 0.4) is 0 Å². The molecule has 1 amide bonds. The van der Waals surface area contributed by atoms with Crippen LogP contribution in [0.5, 0.6) is 11.5 Å². The lowest BCUT2D eigenvalue weighted by atomic mass is 9.98. The van der Waals surface area contributed by atoms with Crippen LogP contribution in [0.25, 0.3) is 0 Å². The molecule has 3 rings (SSSR count). The summed E-state index contributed by atoms with van der Waals surface area (Å²) in [6.45, 7) is 3.45. The first-order valence-corrected chi connectivity index (χ1v) is 8.51. The van der Waals surface area contributed by atoms with Gasteiger partial charge < -0.3 is 14.7 Å². The minimum absolute atomic E-state index is 0.0429. The van der Waals surface area contributed by atoms with Gasteiger partial charge in [-0.05, 0) is 55.7 Å². The van der Waals surface area contributed by atoms with E-state index in [4.69, 9.17) is 4.74 Å². The number of carbonyl (C=O) groups is 1. The van der Waals surface area contributed by atoms with Crippen molar-refractivity contribution in [2.75, 3.05) is 19.7 Å². The Bertz CT molecular complexity index is 762. The van der Waals surface area contributed by atoms with Crippen molar-refractivity contribution in [1.29, 1.82) is 0 Å². The minimum Gasteiger partial charge on any atom is -0.508 e. The first kappa shape index (κ1) is 17.3. The predicted octanol–water partition coefficient (Wildman–Crippen LogP) is 3.77. The Morgan fingerprint density at radius 2 is 2.12 bits per heavy atom. The van der Waals surface area contributed by atoms with Gasteiger partial charge in [0.25, 0.3) is 5.91 Å². The number of aromatic hydroxyl groups is 1. The van der Waals surface area contributed by atoms with Gasteiger partial charge in [0.2, 0.25) is 0 Å². The molecule has 0 radical (unpaired) electrons. The van der Waals surface area contributed by atoms with Crippen LogP contribution in [0.15, 0.2) is 42.5 Å². The number of carbonyl (C=O) groups excluding carboxylic acids is 1. The van der Waals surface area contributed by atoms with Crippen molar-refractivity contribution >= 4 is 5.91 Å². The highest BCUT2D eigenvalue weighted by Gasteiger charge is 2.25. The van der Waals surface area contributed by atoms with E-state index in [0.717, 1.165) is 12.8 Å². The van der Waals surface area contributed by atoms with Crippen molar-refractivity contribution in [2.24, 2.45) is 5.92 Å². The third-order valence-electron chi connectivity index (χ3n) is 4.56. The van der Waals surface area contributed by atoms with Crippen molar-refractivity contribution in [2.45, 2.75) is 19.8 Å². The van der Waals surface area contributed by atoms with Crippen molar-refractivity contribution in [3.8, 4) is 11.5 Å². The molecular weight excluding hydrogens is 321 g/mol. The van der Waals surface area contributed by atoms with Gasteiger partial charge in [-0.1, -0.05) is 12.1 Å². The Morgan fingerprint density at radius 1 is 1.32 bits per heavy atom.